The van der Waals surface area contributed by atoms with Crippen molar-refractivity contribution < 1.29 is 30.4 Å². The van der Waals surface area contributed by atoms with Crippen molar-refractivity contribution in [1.82, 2.24) is 19.6 Å². The van der Waals surface area contributed by atoms with E-state index in [2.05, 4.69) is 14.9 Å². The molecule has 190 valence electrons. The number of halogens is 5. The Labute approximate surface area is 203 Å². The Balaban J connectivity index is 1.72. The molecule has 2 aromatic heterocycles. The van der Waals surface area contributed by atoms with E-state index in [-0.39, 0.29) is 27.7 Å². The average molecular weight is 526 g/mol. The van der Waals surface area contributed by atoms with Gasteiger partial charge in [-0.05, 0) is 39.8 Å². The molecule has 0 aliphatic rings. The highest BCUT2D eigenvalue weighted by molar-refractivity contribution is 7.92. The maximum atomic E-state index is 14.2. The predicted octanol–water partition coefficient (Wildman–Crippen LogP) is 4.85. The zero-order valence-corrected chi connectivity index (χ0v) is 20.3. The zero-order chi connectivity index (χ0) is 26.5. The Kier molecular flexibility index (Phi) is 6.37. The largest absolute Gasteiger partial charge is 0.276 e. The van der Waals surface area contributed by atoms with Crippen molar-refractivity contribution in [3.63, 3.8) is 0 Å². The zero-order valence-electron chi connectivity index (χ0n) is 19.5. The molecule has 36 heavy (non-hydrogen) atoms. The summed E-state index contributed by atoms with van der Waals surface area (Å²) in [6.45, 7) is 5.15. The first-order chi connectivity index (χ1) is 16.8. The normalized spacial score (nSPS) is 11.8. The molecule has 2 heterocycles. The second-order valence-corrected chi connectivity index (χ2v) is 9.72. The van der Waals surface area contributed by atoms with Crippen molar-refractivity contribution in [2.75, 3.05) is 4.72 Å². The fourth-order valence-corrected chi connectivity index (χ4v) is 5.53. The van der Waals surface area contributed by atoms with Gasteiger partial charge in [-0.3, -0.25) is 9.40 Å². The molecule has 0 unspecified atom stereocenters. The molecule has 4 rings (SSSR count). The highest BCUT2D eigenvalue weighted by Gasteiger charge is 2.29. The molecule has 0 atom stereocenters. The summed E-state index contributed by atoms with van der Waals surface area (Å²) in [5.74, 6) is -10.4. The van der Waals surface area contributed by atoms with Crippen LogP contribution >= 0.6 is 0 Å². The molecule has 0 aliphatic heterocycles. The average Bonchev–Trinajstić information content (AvgIpc) is 3.29. The number of para-hydroxylation sites is 1. The molecule has 13 heteroatoms. The molecule has 0 bridgehead atoms. The van der Waals surface area contributed by atoms with Crippen molar-refractivity contribution in [2.45, 2.75) is 39.1 Å². The van der Waals surface area contributed by atoms with Crippen LogP contribution in [0.15, 0.2) is 35.2 Å². The fourth-order valence-electron chi connectivity index (χ4n) is 3.96. The highest BCUT2D eigenvalue weighted by atomic mass is 32.2. The Morgan fingerprint density at radius 1 is 0.778 bits per heavy atom. The van der Waals surface area contributed by atoms with E-state index in [9.17, 15) is 30.4 Å². The van der Waals surface area contributed by atoms with Crippen LogP contribution in [0.3, 0.4) is 0 Å². The Morgan fingerprint density at radius 2 is 1.33 bits per heavy atom. The molecular formula is C23H20F5N5O2S. The summed E-state index contributed by atoms with van der Waals surface area (Å²) in [5.41, 5.74) is 0.370. The number of sulfonamides is 1. The fraction of sp³-hybridized carbons (Fsp3) is 0.217. The maximum absolute atomic E-state index is 14.2. The van der Waals surface area contributed by atoms with Crippen LogP contribution < -0.4 is 4.72 Å². The van der Waals surface area contributed by atoms with Gasteiger partial charge in [-0.15, -0.1) is 0 Å². The molecule has 0 spiro atoms. The molecule has 0 fully saturated rings. The van der Waals surface area contributed by atoms with E-state index >= 15 is 0 Å². The minimum atomic E-state index is -4.21. The van der Waals surface area contributed by atoms with Crippen LogP contribution in [0.2, 0.25) is 0 Å². The van der Waals surface area contributed by atoms with Gasteiger partial charge in [0.15, 0.2) is 23.3 Å². The quantitative estimate of drug-likeness (QED) is 0.222. The number of anilines is 1. The lowest BCUT2D eigenvalue weighted by molar-refractivity contribution is 0.366. The number of benzene rings is 2. The van der Waals surface area contributed by atoms with Gasteiger partial charge >= 0.3 is 0 Å². The van der Waals surface area contributed by atoms with Gasteiger partial charge in [0.2, 0.25) is 5.82 Å². The molecule has 0 amide bonds. The van der Waals surface area contributed by atoms with Crippen molar-refractivity contribution in [2.24, 2.45) is 0 Å². The lowest BCUT2D eigenvalue weighted by Crippen LogP contribution is -2.16. The van der Waals surface area contributed by atoms with Crippen LogP contribution in [0.25, 0.3) is 5.69 Å². The van der Waals surface area contributed by atoms with E-state index in [0.717, 1.165) is 4.68 Å². The second-order valence-electron chi connectivity index (χ2n) is 8.10. The molecule has 4 aromatic rings. The Morgan fingerprint density at radius 3 is 1.92 bits per heavy atom. The van der Waals surface area contributed by atoms with E-state index < -0.39 is 51.2 Å². The van der Waals surface area contributed by atoms with Gasteiger partial charge in [0.25, 0.3) is 10.0 Å². The topological polar surface area (TPSA) is 81.8 Å². The van der Waals surface area contributed by atoms with Crippen molar-refractivity contribution in [3.05, 3.63) is 87.8 Å². The van der Waals surface area contributed by atoms with E-state index in [1.165, 1.54) is 25.5 Å². The van der Waals surface area contributed by atoms with Crippen molar-refractivity contribution in [3.8, 4) is 5.69 Å². The third-order valence-corrected chi connectivity index (χ3v) is 7.32. The highest BCUT2D eigenvalue weighted by Crippen LogP contribution is 2.29. The number of rotatable bonds is 6. The third kappa shape index (κ3) is 4.12. The van der Waals surface area contributed by atoms with E-state index in [1.54, 1.807) is 31.2 Å². The monoisotopic (exact) mass is 525 g/mol. The van der Waals surface area contributed by atoms with Crippen LogP contribution in [0, 0.1) is 56.8 Å². The van der Waals surface area contributed by atoms with Gasteiger partial charge in [0.1, 0.15) is 4.90 Å². The van der Waals surface area contributed by atoms with Crippen molar-refractivity contribution >= 4 is 15.7 Å². The molecule has 2 aromatic carbocycles. The molecule has 1 N–H and O–H groups in total. The minimum absolute atomic E-state index is 0.00475. The van der Waals surface area contributed by atoms with E-state index in [1.807, 2.05) is 6.07 Å². The van der Waals surface area contributed by atoms with E-state index in [0.29, 0.717) is 11.4 Å². The van der Waals surface area contributed by atoms with Crippen LogP contribution in [0.4, 0.5) is 27.6 Å². The van der Waals surface area contributed by atoms with Gasteiger partial charge in [-0.2, -0.15) is 10.2 Å². The summed E-state index contributed by atoms with van der Waals surface area (Å²) < 4.78 is 100. The van der Waals surface area contributed by atoms with Gasteiger partial charge in [-0.1, -0.05) is 18.2 Å². The van der Waals surface area contributed by atoms with Crippen LogP contribution in [0.1, 0.15) is 28.3 Å². The van der Waals surface area contributed by atoms with Gasteiger partial charge in [-0.25, -0.2) is 35.1 Å². The predicted molar refractivity (Wildman–Crippen MR) is 121 cm³/mol. The maximum Gasteiger partial charge on any atom is 0.265 e. The summed E-state index contributed by atoms with van der Waals surface area (Å²) in [6, 6.07) is 8.90. The molecule has 7 nitrogen and oxygen atoms in total. The van der Waals surface area contributed by atoms with Crippen LogP contribution in [0.5, 0.6) is 0 Å². The second kappa shape index (κ2) is 9.04. The summed E-state index contributed by atoms with van der Waals surface area (Å²) in [6.07, 6.45) is 0. The SMILES string of the molecule is Cc1nn(Cc2c(F)c(F)c(F)c(F)c2F)c(C)c1NS(=O)(=O)c1c(C)nn(-c2ccccc2)c1C. The molecule has 0 saturated carbocycles. The minimum Gasteiger partial charge on any atom is -0.276 e. The number of aryl methyl sites for hydroxylation is 2. The number of hydrogen-bond donors (Lipinski definition) is 1. The standard InChI is InChI=1S/C23H20F5N5O2S/c1-11-22(13(3)32(29-11)10-16-17(24)19(26)21(28)20(27)18(16)25)31-36(34,35)23-12(2)30-33(14(23)4)15-8-6-5-7-9-15/h5-9,31H,10H2,1-4H3. The number of nitrogens with zero attached hydrogens (tertiary/aromatic N) is 4. The van der Waals surface area contributed by atoms with Crippen LogP contribution in [-0.4, -0.2) is 28.0 Å². The number of aromatic nitrogens is 4. The van der Waals surface area contributed by atoms with E-state index in [4.69, 9.17) is 0 Å². The summed E-state index contributed by atoms with van der Waals surface area (Å²) in [5, 5.41) is 8.37. The van der Waals surface area contributed by atoms with Crippen LogP contribution in [-0.2, 0) is 16.6 Å². The third-order valence-electron chi connectivity index (χ3n) is 5.72. The summed E-state index contributed by atoms with van der Waals surface area (Å²) in [7, 11) is -4.21. The number of hydrogen-bond acceptors (Lipinski definition) is 4. The smallest absolute Gasteiger partial charge is 0.265 e. The molecule has 0 aliphatic carbocycles. The number of nitrogens with one attached hydrogen (secondary N) is 1. The summed E-state index contributed by atoms with van der Waals surface area (Å²) in [4.78, 5) is -0.0716. The molecule has 0 radical (unpaired) electrons. The molecule has 0 saturated heterocycles. The van der Waals surface area contributed by atoms with Gasteiger partial charge in [0, 0.05) is 0 Å². The first-order valence-corrected chi connectivity index (χ1v) is 12.0. The van der Waals surface area contributed by atoms with Gasteiger partial charge in [0.05, 0.1) is 46.3 Å². The summed E-state index contributed by atoms with van der Waals surface area (Å²) >= 11 is 0. The van der Waals surface area contributed by atoms with Gasteiger partial charge < -0.3 is 0 Å². The lowest BCUT2D eigenvalue weighted by Gasteiger charge is -2.11. The Hall–Kier alpha value is -3.74. The lowest BCUT2D eigenvalue weighted by atomic mass is 10.1. The molecular weight excluding hydrogens is 505 g/mol. The van der Waals surface area contributed by atoms with Crippen molar-refractivity contribution in [1.29, 1.82) is 0 Å². The first-order valence-electron chi connectivity index (χ1n) is 10.5. The first kappa shape index (κ1) is 25.4. The Bertz CT molecular complexity index is 1570.